The van der Waals surface area contributed by atoms with Gasteiger partial charge in [0.25, 0.3) is 0 Å². The maximum absolute atomic E-state index is 12.3. The van der Waals surface area contributed by atoms with Crippen LogP contribution >= 0.6 is 0 Å². The van der Waals surface area contributed by atoms with Gasteiger partial charge in [0, 0.05) is 19.5 Å². The molecule has 5 nitrogen and oxygen atoms in total. The van der Waals surface area contributed by atoms with Crippen molar-refractivity contribution in [1.29, 1.82) is 0 Å². The van der Waals surface area contributed by atoms with Gasteiger partial charge >= 0.3 is 0 Å². The molecule has 104 valence electrons. The lowest BCUT2D eigenvalue weighted by Gasteiger charge is -2.31. The third-order valence-corrected chi connectivity index (χ3v) is 3.84. The lowest BCUT2D eigenvalue weighted by molar-refractivity contribution is -0.140. The molecule has 0 radical (unpaired) electrons. The lowest BCUT2D eigenvalue weighted by Crippen LogP contribution is -2.43. The maximum Gasteiger partial charge on any atom is 0.239 e. The summed E-state index contributed by atoms with van der Waals surface area (Å²) in [6.07, 6.45) is 3.88. The zero-order chi connectivity index (χ0) is 13.5. The van der Waals surface area contributed by atoms with Crippen LogP contribution in [0.4, 0.5) is 0 Å². The molecule has 0 saturated heterocycles. The Bertz CT molecular complexity index is 286. The van der Waals surface area contributed by atoms with Crippen molar-refractivity contribution >= 4 is 11.8 Å². The standard InChI is InChI=1S/C13H25N3O2/c1-3-16(9-12(17)15-2)13(18)11-6-4-10(8-14)5-7-11/h10-11H,3-9,14H2,1-2H3,(H,15,17). The molecule has 3 N–H and O–H groups in total. The van der Waals surface area contributed by atoms with Crippen molar-refractivity contribution in [3.63, 3.8) is 0 Å². The second-order valence-electron chi connectivity index (χ2n) is 4.98. The number of hydrogen-bond donors (Lipinski definition) is 2. The molecule has 0 aromatic carbocycles. The van der Waals surface area contributed by atoms with E-state index < -0.39 is 0 Å². The fraction of sp³-hybridized carbons (Fsp3) is 0.846. The van der Waals surface area contributed by atoms with E-state index in [4.69, 9.17) is 5.73 Å². The molecule has 0 heterocycles. The van der Waals surface area contributed by atoms with E-state index in [-0.39, 0.29) is 24.3 Å². The van der Waals surface area contributed by atoms with Crippen molar-refractivity contribution in [2.45, 2.75) is 32.6 Å². The molecule has 5 heteroatoms. The molecule has 18 heavy (non-hydrogen) atoms. The fourth-order valence-corrected chi connectivity index (χ4v) is 2.50. The first-order chi connectivity index (χ1) is 8.62. The van der Waals surface area contributed by atoms with Gasteiger partial charge in [0.05, 0.1) is 6.54 Å². The highest BCUT2D eigenvalue weighted by Crippen LogP contribution is 2.29. The Kier molecular flexibility index (Phi) is 6.12. The molecule has 1 aliphatic rings. The second-order valence-corrected chi connectivity index (χ2v) is 4.98. The van der Waals surface area contributed by atoms with E-state index in [2.05, 4.69) is 5.32 Å². The number of rotatable bonds is 5. The van der Waals surface area contributed by atoms with E-state index in [1.54, 1.807) is 11.9 Å². The number of hydrogen-bond acceptors (Lipinski definition) is 3. The van der Waals surface area contributed by atoms with Crippen LogP contribution in [0.1, 0.15) is 32.6 Å². The van der Waals surface area contributed by atoms with Crippen molar-refractivity contribution in [1.82, 2.24) is 10.2 Å². The van der Waals surface area contributed by atoms with Gasteiger partial charge in [0.2, 0.25) is 11.8 Å². The average Bonchev–Trinajstić information content (AvgIpc) is 2.43. The molecule has 0 atom stereocenters. The van der Waals surface area contributed by atoms with Crippen LogP contribution < -0.4 is 11.1 Å². The zero-order valence-electron chi connectivity index (χ0n) is 11.4. The maximum atomic E-state index is 12.3. The fourth-order valence-electron chi connectivity index (χ4n) is 2.50. The second kappa shape index (κ2) is 7.36. The number of amides is 2. The summed E-state index contributed by atoms with van der Waals surface area (Å²) in [6.45, 7) is 3.38. The Balaban J connectivity index is 2.49. The van der Waals surface area contributed by atoms with Crippen LogP contribution in [-0.2, 0) is 9.59 Å². The molecule has 0 bridgehead atoms. The van der Waals surface area contributed by atoms with Gasteiger partial charge in [0.1, 0.15) is 0 Å². The van der Waals surface area contributed by atoms with Crippen molar-refractivity contribution in [2.24, 2.45) is 17.6 Å². The van der Waals surface area contributed by atoms with Crippen LogP contribution in [0.2, 0.25) is 0 Å². The van der Waals surface area contributed by atoms with Gasteiger partial charge in [-0.2, -0.15) is 0 Å². The highest BCUT2D eigenvalue weighted by Gasteiger charge is 2.29. The van der Waals surface area contributed by atoms with Gasteiger partial charge in [-0.15, -0.1) is 0 Å². The van der Waals surface area contributed by atoms with Crippen LogP contribution in [0.3, 0.4) is 0 Å². The van der Waals surface area contributed by atoms with Gasteiger partial charge in [-0.25, -0.2) is 0 Å². The molecule has 2 amide bonds. The van der Waals surface area contributed by atoms with E-state index in [9.17, 15) is 9.59 Å². The molecular formula is C13H25N3O2. The molecule has 1 aliphatic carbocycles. The van der Waals surface area contributed by atoms with Gasteiger partial charge in [0.15, 0.2) is 0 Å². The van der Waals surface area contributed by atoms with Crippen LogP contribution in [-0.4, -0.2) is 43.4 Å². The predicted octanol–water partition coefficient (Wildman–Crippen LogP) is 0.346. The zero-order valence-corrected chi connectivity index (χ0v) is 11.4. The summed E-state index contributed by atoms with van der Waals surface area (Å²) in [5, 5.41) is 2.55. The first-order valence-electron chi connectivity index (χ1n) is 6.81. The van der Waals surface area contributed by atoms with Crippen molar-refractivity contribution in [3.05, 3.63) is 0 Å². The molecule has 1 rings (SSSR count). The molecule has 1 fully saturated rings. The van der Waals surface area contributed by atoms with Gasteiger partial charge in [-0.3, -0.25) is 9.59 Å². The normalized spacial score (nSPS) is 23.5. The molecule has 0 aliphatic heterocycles. The van der Waals surface area contributed by atoms with Crippen LogP contribution in [0.5, 0.6) is 0 Å². The third kappa shape index (κ3) is 3.98. The number of nitrogens with zero attached hydrogens (tertiary/aromatic N) is 1. The Morgan fingerprint density at radius 3 is 2.33 bits per heavy atom. The minimum absolute atomic E-state index is 0.0809. The summed E-state index contributed by atoms with van der Waals surface area (Å²) in [5.41, 5.74) is 5.65. The number of carbonyl (C=O) groups is 2. The van der Waals surface area contributed by atoms with Crippen LogP contribution in [0, 0.1) is 11.8 Å². The first-order valence-corrected chi connectivity index (χ1v) is 6.81. The van der Waals surface area contributed by atoms with Gasteiger partial charge < -0.3 is 16.0 Å². The first kappa shape index (κ1) is 15.0. The van der Waals surface area contributed by atoms with E-state index in [0.717, 1.165) is 32.2 Å². The minimum atomic E-state index is -0.110. The lowest BCUT2D eigenvalue weighted by atomic mass is 9.81. The number of nitrogens with one attached hydrogen (secondary N) is 1. The van der Waals surface area contributed by atoms with E-state index in [1.807, 2.05) is 6.92 Å². The monoisotopic (exact) mass is 255 g/mol. The Morgan fingerprint density at radius 2 is 1.89 bits per heavy atom. The predicted molar refractivity (Wildman–Crippen MR) is 70.8 cm³/mol. The van der Waals surface area contributed by atoms with E-state index in [1.165, 1.54) is 0 Å². The molecular weight excluding hydrogens is 230 g/mol. The summed E-state index contributed by atoms with van der Waals surface area (Å²) in [5.74, 6) is 0.665. The molecule has 0 spiro atoms. The van der Waals surface area contributed by atoms with Crippen molar-refractivity contribution in [3.8, 4) is 0 Å². The summed E-state index contributed by atoms with van der Waals surface area (Å²) in [6, 6.07) is 0. The van der Waals surface area contributed by atoms with Gasteiger partial charge in [-0.05, 0) is 45.1 Å². The Hall–Kier alpha value is -1.10. The third-order valence-electron chi connectivity index (χ3n) is 3.84. The Labute approximate surface area is 109 Å². The summed E-state index contributed by atoms with van der Waals surface area (Å²) >= 11 is 0. The largest absolute Gasteiger partial charge is 0.358 e. The van der Waals surface area contributed by atoms with Crippen LogP contribution in [0.15, 0.2) is 0 Å². The highest BCUT2D eigenvalue weighted by atomic mass is 16.2. The topological polar surface area (TPSA) is 75.4 Å². The van der Waals surface area contributed by atoms with Gasteiger partial charge in [-0.1, -0.05) is 0 Å². The number of carbonyl (C=O) groups excluding carboxylic acids is 2. The molecule has 0 aromatic heterocycles. The summed E-state index contributed by atoms with van der Waals surface area (Å²) in [4.78, 5) is 25.3. The summed E-state index contributed by atoms with van der Waals surface area (Å²) in [7, 11) is 1.59. The molecule has 0 aromatic rings. The van der Waals surface area contributed by atoms with E-state index >= 15 is 0 Å². The van der Waals surface area contributed by atoms with E-state index in [0.29, 0.717) is 12.5 Å². The Morgan fingerprint density at radius 1 is 1.28 bits per heavy atom. The highest BCUT2D eigenvalue weighted by molar-refractivity contribution is 5.85. The van der Waals surface area contributed by atoms with Crippen molar-refractivity contribution in [2.75, 3.05) is 26.7 Å². The molecule has 1 saturated carbocycles. The minimum Gasteiger partial charge on any atom is -0.358 e. The number of nitrogens with two attached hydrogens (primary N) is 1. The smallest absolute Gasteiger partial charge is 0.239 e. The quantitative estimate of drug-likeness (QED) is 0.744. The number of likely N-dealkylation sites (N-methyl/N-ethyl adjacent to an activating group) is 2. The SMILES string of the molecule is CCN(CC(=O)NC)C(=O)C1CCC(CN)CC1. The van der Waals surface area contributed by atoms with Crippen molar-refractivity contribution < 1.29 is 9.59 Å². The average molecular weight is 255 g/mol. The summed E-state index contributed by atoms with van der Waals surface area (Å²) < 4.78 is 0. The molecule has 0 unspecified atom stereocenters. The van der Waals surface area contributed by atoms with Crippen LogP contribution in [0.25, 0.3) is 0 Å².